The molecular weight excluding hydrogens is 324 g/mol. The van der Waals surface area contributed by atoms with Crippen LogP contribution in [0.5, 0.6) is 0 Å². The molecule has 0 fully saturated rings. The largest absolute Gasteiger partial charge is 0.361 e. The number of halogens is 1. The summed E-state index contributed by atoms with van der Waals surface area (Å²) in [4.78, 5) is 3.23. The lowest BCUT2D eigenvalue weighted by Crippen LogP contribution is -2.20. The summed E-state index contributed by atoms with van der Waals surface area (Å²) in [5.74, 6) is 0. The van der Waals surface area contributed by atoms with Crippen molar-refractivity contribution in [1.29, 1.82) is 0 Å². The molecule has 1 heterocycles. The topological polar surface area (TPSA) is 27.8 Å². The Kier molecular flexibility index (Phi) is 4.42. The molecular formula is C18H19BrN2. The second-order valence-corrected chi connectivity index (χ2v) is 6.21. The molecule has 2 N–H and O–H groups in total. The van der Waals surface area contributed by atoms with Gasteiger partial charge in [-0.25, -0.2) is 0 Å². The molecule has 0 aliphatic heterocycles. The number of nitrogens with one attached hydrogen (secondary N) is 2. The van der Waals surface area contributed by atoms with Gasteiger partial charge in [0.05, 0.1) is 0 Å². The normalized spacial score (nSPS) is 12.7. The number of fused-ring (bicyclic) bond motifs is 1. The lowest BCUT2D eigenvalue weighted by molar-refractivity contribution is 0.519. The lowest BCUT2D eigenvalue weighted by atomic mass is 10.0. The van der Waals surface area contributed by atoms with Crippen molar-refractivity contribution in [2.75, 3.05) is 0 Å². The van der Waals surface area contributed by atoms with Gasteiger partial charge in [0.15, 0.2) is 0 Å². The van der Waals surface area contributed by atoms with E-state index in [-0.39, 0.29) is 0 Å². The predicted molar refractivity (Wildman–Crippen MR) is 92.3 cm³/mol. The standard InChI is InChI=1S/C18H19BrN2/c1-2-17(14-4-6-16(19)7-5-14)21-12-13-3-8-18-15(11-13)9-10-20-18/h3-11,17,20-21H,2,12H2,1H3. The fraction of sp³-hybridized carbons (Fsp3) is 0.222. The zero-order chi connectivity index (χ0) is 14.7. The van der Waals surface area contributed by atoms with Gasteiger partial charge in [-0.3, -0.25) is 0 Å². The maximum Gasteiger partial charge on any atom is 0.0454 e. The van der Waals surface area contributed by atoms with E-state index in [4.69, 9.17) is 0 Å². The smallest absolute Gasteiger partial charge is 0.0454 e. The van der Waals surface area contributed by atoms with E-state index in [1.807, 2.05) is 6.20 Å². The molecule has 0 saturated heterocycles. The average molecular weight is 343 g/mol. The van der Waals surface area contributed by atoms with E-state index in [0.717, 1.165) is 17.4 Å². The van der Waals surface area contributed by atoms with Gasteiger partial charge in [0.25, 0.3) is 0 Å². The second kappa shape index (κ2) is 6.46. The van der Waals surface area contributed by atoms with Crippen molar-refractivity contribution in [3.63, 3.8) is 0 Å². The van der Waals surface area contributed by atoms with Gasteiger partial charge >= 0.3 is 0 Å². The molecule has 108 valence electrons. The van der Waals surface area contributed by atoms with Crippen LogP contribution in [0.25, 0.3) is 10.9 Å². The summed E-state index contributed by atoms with van der Waals surface area (Å²) < 4.78 is 1.12. The summed E-state index contributed by atoms with van der Waals surface area (Å²) in [7, 11) is 0. The molecule has 0 amide bonds. The van der Waals surface area contributed by atoms with Crippen molar-refractivity contribution in [2.45, 2.75) is 25.9 Å². The van der Waals surface area contributed by atoms with Gasteiger partial charge in [-0.15, -0.1) is 0 Å². The maximum atomic E-state index is 3.65. The summed E-state index contributed by atoms with van der Waals surface area (Å²) in [6.45, 7) is 3.10. The highest BCUT2D eigenvalue weighted by molar-refractivity contribution is 9.10. The van der Waals surface area contributed by atoms with Crippen LogP contribution in [0.2, 0.25) is 0 Å². The van der Waals surface area contributed by atoms with Crippen LogP contribution in [-0.4, -0.2) is 4.98 Å². The molecule has 0 aliphatic carbocycles. The summed E-state index contributed by atoms with van der Waals surface area (Å²) >= 11 is 3.49. The lowest BCUT2D eigenvalue weighted by Gasteiger charge is -2.17. The number of hydrogen-bond donors (Lipinski definition) is 2. The van der Waals surface area contributed by atoms with Gasteiger partial charge in [-0.1, -0.05) is 41.1 Å². The minimum atomic E-state index is 0.389. The second-order valence-electron chi connectivity index (χ2n) is 5.29. The highest BCUT2D eigenvalue weighted by Gasteiger charge is 2.08. The van der Waals surface area contributed by atoms with E-state index >= 15 is 0 Å². The van der Waals surface area contributed by atoms with E-state index in [0.29, 0.717) is 6.04 Å². The quantitative estimate of drug-likeness (QED) is 0.657. The minimum absolute atomic E-state index is 0.389. The zero-order valence-electron chi connectivity index (χ0n) is 12.1. The summed E-state index contributed by atoms with van der Waals surface area (Å²) in [5.41, 5.74) is 3.85. The van der Waals surface area contributed by atoms with E-state index in [1.165, 1.54) is 22.0 Å². The summed E-state index contributed by atoms with van der Waals surface area (Å²) in [6, 6.07) is 17.6. The van der Waals surface area contributed by atoms with Crippen molar-refractivity contribution in [3.05, 3.63) is 70.3 Å². The van der Waals surface area contributed by atoms with Crippen LogP contribution in [-0.2, 0) is 6.54 Å². The molecule has 2 aromatic carbocycles. The van der Waals surface area contributed by atoms with Gasteiger partial charge in [-0.2, -0.15) is 0 Å². The third-order valence-corrected chi connectivity index (χ3v) is 4.38. The van der Waals surface area contributed by atoms with E-state index in [2.05, 4.69) is 81.7 Å². The van der Waals surface area contributed by atoms with Crippen LogP contribution in [0, 0.1) is 0 Å². The van der Waals surface area contributed by atoms with Crippen molar-refractivity contribution in [1.82, 2.24) is 10.3 Å². The number of aromatic nitrogens is 1. The minimum Gasteiger partial charge on any atom is -0.361 e. The van der Waals surface area contributed by atoms with E-state index < -0.39 is 0 Å². The molecule has 1 aromatic heterocycles. The van der Waals surface area contributed by atoms with Crippen LogP contribution in [0.4, 0.5) is 0 Å². The number of benzene rings is 2. The van der Waals surface area contributed by atoms with Crippen LogP contribution in [0.3, 0.4) is 0 Å². The third-order valence-electron chi connectivity index (χ3n) is 3.85. The van der Waals surface area contributed by atoms with Crippen LogP contribution in [0.1, 0.15) is 30.5 Å². The van der Waals surface area contributed by atoms with Crippen molar-refractivity contribution < 1.29 is 0 Å². The predicted octanol–water partition coefficient (Wildman–Crippen LogP) is 5.17. The highest BCUT2D eigenvalue weighted by atomic mass is 79.9. The fourth-order valence-corrected chi connectivity index (χ4v) is 2.91. The first kappa shape index (κ1) is 14.4. The first-order valence-corrected chi connectivity index (χ1v) is 8.10. The van der Waals surface area contributed by atoms with Crippen LogP contribution in [0.15, 0.2) is 59.2 Å². The molecule has 0 saturated carbocycles. The van der Waals surface area contributed by atoms with E-state index in [1.54, 1.807) is 0 Å². The molecule has 0 bridgehead atoms. The van der Waals surface area contributed by atoms with Gasteiger partial charge in [-0.05, 0) is 53.3 Å². The van der Waals surface area contributed by atoms with Crippen molar-refractivity contribution >= 4 is 26.8 Å². The fourth-order valence-electron chi connectivity index (χ4n) is 2.65. The molecule has 21 heavy (non-hydrogen) atoms. The first-order valence-electron chi connectivity index (χ1n) is 7.31. The Bertz CT molecular complexity index is 715. The molecule has 1 atom stereocenters. The Labute approximate surface area is 133 Å². The molecule has 2 nitrogen and oxygen atoms in total. The molecule has 3 heteroatoms. The molecule has 0 spiro atoms. The summed E-state index contributed by atoms with van der Waals surface area (Å²) in [6.07, 6.45) is 3.06. The SMILES string of the molecule is CCC(NCc1ccc2[nH]ccc2c1)c1ccc(Br)cc1. The summed E-state index contributed by atoms with van der Waals surface area (Å²) in [5, 5.41) is 4.92. The third kappa shape index (κ3) is 3.36. The van der Waals surface area contributed by atoms with Crippen LogP contribution >= 0.6 is 15.9 Å². The van der Waals surface area contributed by atoms with Gasteiger partial charge < -0.3 is 10.3 Å². The molecule has 3 aromatic rings. The van der Waals surface area contributed by atoms with Crippen LogP contribution < -0.4 is 5.32 Å². The first-order chi connectivity index (χ1) is 10.3. The maximum absolute atomic E-state index is 3.65. The van der Waals surface area contributed by atoms with Gasteiger partial charge in [0.1, 0.15) is 0 Å². The number of H-pyrrole nitrogens is 1. The number of rotatable bonds is 5. The average Bonchev–Trinajstić information content (AvgIpc) is 2.97. The number of aromatic amines is 1. The molecule has 1 unspecified atom stereocenters. The zero-order valence-corrected chi connectivity index (χ0v) is 13.7. The van der Waals surface area contributed by atoms with Crippen molar-refractivity contribution in [2.24, 2.45) is 0 Å². The molecule has 0 radical (unpaired) electrons. The Morgan fingerprint density at radius 2 is 1.90 bits per heavy atom. The van der Waals surface area contributed by atoms with Gasteiger partial charge in [0, 0.05) is 28.8 Å². The number of hydrogen-bond acceptors (Lipinski definition) is 1. The van der Waals surface area contributed by atoms with Gasteiger partial charge in [0.2, 0.25) is 0 Å². The monoisotopic (exact) mass is 342 g/mol. The Morgan fingerprint density at radius 3 is 2.67 bits per heavy atom. The highest BCUT2D eigenvalue weighted by Crippen LogP contribution is 2.21. The molecule has 3 rings (SSSR count). The Morgan fingerprint density at radius 1 is 1.10 bits per heavy atom. The Balaban J connectivity index is 1.70. The Hall–Kier alpha value is -1.58. The van der Waals surface area contributed by atoms with E-state index in [9.17, 15) is 0 Å². The van der Waals surface area contributed by atoms with Crippen molar-refractivity contribution in [3.8, 4) is 0 Å². The molecule has 0 aliphatic rings.